The van der Waals surface area contributed by atoms with Crippen molar-refractivity contribution >= 4 is 17.7 Å². The lowest BCUT2D eigenvalue weighted by Crippen LogP contribution is -2.33. The third kappa shape index (κ3) is 3.67. The lowest BCUT2D eigenvalue weighted by molar-refractivity contribution is 0.0692. The molecular weight excluding hydrogens is 246 g/mol. The molecule has 0 aromatic carbocycles. The minimum atomic E-state index is -1.16. The summed E-state index contributed by atoms with van der Waals surface area (Å²) in [6.07, 6.45) is 3.84. The first-order valence-corrected chi connectivity index (χ1v) is 6.31. The lowest BCUT2D eigenvalue weighted by Gasteiger charge is -2.12. The van der Waals surface area contributed by atoms with Gasteiger partial charge in [-0.05, 0) is 36.8 Å². The molecule has 3 N–H and O–H groups in total. The van der Waals surface area contributed by atoms with Crippen LogP contribution in [0.1, 0.15) is 30.3 Å². The second kappa shape index (κ2) is 5.69. The summed E-state index contributed by atoms with van der Waals surface area (Å²) >= 11 is 0. The number of carbonyl (C=O) groups excluding carboxylic acids is 1. The van der Waals surface area contributed by atoms with E-state index >= 15 is 0 Å². The van der Waals surface area contributed by atoms with Crippen molar-refractivity contribution in [2.75, 3.05) is 11.9 Å². The number of hydrogen-bond acceptors (Lipinski definition) is 3. The summed E-state index contributed by atoms with van der Waals surface area (Å²) in [6.45, 7) is 2.70. The van der Waals surface area contributed by atoms with Gasteiger partial charge >= 0.3 is 12.0 Å². The van der Waals surface area contributed by atoms with E-state index in [1.807, 2.05) is 0 Å². The highest BCUT2D eigenvalue weighted by Gasteiger charge is 2.27. The lowest BCUT2D eigenvalue weighted by atomic mass is 10.1. The van der Waals surface area contributed by atoms with Crippen LogP contribution in [0, 0.1) is 11.8 Å². The van der Waals surface area contributed by atoms with Crippen molar-refractivity contribution < 1.29 is 14.7 Å². The van der Waals surface area contributed by atoms with Crippen LogP contribution in [-0.4, -0.2) is 28.6 Å². The van der Waals surface area contributed by atoms with Crippen molar-refractivity contribution in [1.82, 2.24) is 10.3 Å². The van der Waals surface area contributed by atoms with Gasteiger partial charge in [0.1, 0.15) is 0 Å². The molecule has 6 heteroatoms. The zero-order chi connectivity index (χ0) is 13.8. The van der Waals surface area contributed by atoms with Gasteiger partial charge in [-0.2, -0.15) is 0 Å². The number of nitrogens with one attached hydrogen (secondary N) is 2. The Kier molecular flexibility index (Phi) is 3.99. The first-order chi connectivity index (χ1) is 9.08. The fourth-order valence-electron chi connectivity index (χ4n) is 1.93. The highest BCUT2D eigenvalue weighted by molar-refractivity contribution is 5.98. The molecule has 2 rings (SSSR count). The Bertz CT molecular complexity index is 486. The number of carboxylic acids is 1. The molecule has 1 unspecified atom stereocenters. The Morgan fingerprint density at radius 1 is 1.53 bits per heavy atom. The molecule has 1 aromatic heterocycles. The first kappa shape index (κ1) is 13.3. The van der Waals surface area contributed by atoms with E-state index in [1.165, 1.54) is 25.1 Å². The SMILES string of the molecule is CC(CNC(=O)Nc1cccnc1C(=O)O)C1CC1. The van der Waals surface area contributed by atoms with Crippen molar-refractivity contribution in [3.05, 3.63) is 24.0 Å². The topological polar surface area (TPSA) is 91.3 Å². The number of rotatable bonds is 5. The maximum atomic E-state index is 11.7. The van der Waals surface area contributed by atoms with Crippen LogP contribution in [0.2, 0.25) is 0 Å². The molecule has 102 valence electrons. The van der Waals surface area contributed by atoms with Crippen molar-refractivity contribution in [3.63, 3.8) is 0 Å². The Morgan fingerprint density at radius 3 is 2.89 bits per heavy atom. The van der Waals surface area contributed by atoms with Crippen molar-refractivity contribution in [1.29, 1.82) is 0 Å². The van der Waals surface area contributed by atoms with E-state index in [-0.39, 0.29) is 11.4 Å². The number of carbonyl (C=O) groups is 2. The molecule has 1 heterocycles. The first-order valence-electron chi connectivity index (χ1n) is 6.31. The largest absolute Gasteiger partial charge is 0.476 e. The zero-order valence-corrected chi connectivity index (χ0v) is 10.7. The molecule has 0 aliphatic heterocycles. The predicted octanol–water partition coefficient (Wildman–Crippen LogP) is 1.95. The van der Waals surface area contributed by atoms with E-state index < -0.39 is 12.0 Å². The highest BCUT2D eigenvalue weighted by atomic mass is 16.4. The molecule has 2 amide bonds. The van der Waals surface area contributed by atoms with E-state index in [1.54, 1.807) is 6.07 Å². The summed E-state index contributed by atoms with van der Waals surface area (Å²) < 4.78 is 0. The van der Waals surface area contributed by atoms with Gasteiger partial charge in [-0.15, -0.1) is 0 Å². The summed E-state index contributed by atoms with van der Waals surface area (Å²) in [5, 5.41) is 14.2. The number of urea groups is 1. The monoisotopic (exact) mass is 263 g/mol. The maximum absolute atomic E-state index is 11.7. The molecule has 1 saturated carbocycles. The standard InChI is InChI=1S/C13H17N3O3/c1-8(9-4-5-9)7-15-13(19)16-10-3-2-6-14-11(10)12(17)18/h2-3,6,8-9H,4-5,7H2,1H3,(H,17,18)(H2,15,16,19). The number of anilines is 1. The van der Waals surface area contributed by atoms with E-state index in [9.17, 15) is 9.59 Å². The number of carboxylic acid groups (broad SMARTS) is 1. The van der Waals surface area contributed by atoms with Crippen LogP contribution in [0.4, 0.5) is 10.5 Å². The van der Waals surface area contributed by atoms with Crippen molar-refractivity contribution in [2.24, 2.45) is 11.8 Å². The van der Waals surface area contributed by atoms with Gasteiger partial charge in [0.2, 0.25) is 0 Å². The van der Waals surface area contributed by atoms with Gasteiger partial charge in [-0.3, -0.25) is 0 Å². The number of nitrogens with zero attached hydrogens (tertiary/aromatic N) is 1. The van der Waals surface area contributed by atoms with Gasteiger partial charge in [0.15, 0.2) is 5.69 Å². The molecule has 6 nitrogen and oxygen atoms in total. The molecular formula is C13H17N3O3. The number of aromatic carboxylic acids is 1. The molecule has 1 aromatic rings. The van der Waals surface area contributed by atoms with Crippen molar-refractivity contribution in [3.8, 4) is 0 Å². The normalized spacial score (nSPS) is 15.6. The Morgan fingerprint density at radius 2 is 2.26 bits per heavy atom. The predicted molar refractivity (Wildman–Crippen MR) is 70.1 cm³/mol. The molecule has 0 spiro atoms. The summed E-state index contributed by atoms with van der Waals surface area (Å²) in [4.78, 5) is 26.3. The molecule has 0 saturated heterocycles. The van der Waals surface area contributed by atoms with Crippen LogP contribution in [0.5, 0.6) is 0 Å². The molecule has 0 bridgehead atoms. The molecule has 19 heavy (non-hydrogen) atoms. The summed E-state index contributed by atoms with van der Waals surface area (Å²) in [5.41, 5.74) is 0.0412. The van der Waals surface area contributed by atoms with Crippen LogP contribution in [0.15, 0.2) is 18.3 Å². The summed E-state index contributed by atoms with van der Waals surface area (Å²) in [5.74, 6) is 0.00844. The Balaban J connectivity index is 1.89. The molecule has 1 atom stereocenters. The van der Waals surface area contributed by atoms with Gasteiger partial charge in [0, 0.05) is 12.7 Å². The highest BCUT2D eigenvalue weighted by Crippen LogP contribution is 2.36. The second-order valence-electron chi connectivity index (χ2n) is 4.85. The number of aromatic nitrogens is 1. The van der Waals surface area contributed by atoms with Gasteiger partial charge in [-0.1, -0.05) is 6.92 Å². The minimum Gasteiger partial charge on any atom is -0.476 e. The van der Waals surface area contributed by atoms with E-state index in [2.05, 4.69) is 22.5 Å². The molecule has 0 radical (unpaired) electrons. The van der Waals surface area contributed by atoms with E-state index in [0.717, 1.165) is 0 Å². The Labute approximate surface area is 111 Å². The van der Waals surface area contributed by atoms with Crippen LogP contribution in [0.3, 0.4) is 0 Å². The minimum absolute atomic E-state index is 0.159. The van der Waals surface area contributed by atoms with Crippen LogP contribution >= 0.6 is 0 Å². The maximum Gasteiger partial charge on any atom is 0.356 e. The van der Waals surface area contributed by atoms with Crippen molar-refractivity contribution in [2.45, 2.75) is 19.8 Å². The van der Waals surface area contributed by atoms with Gasteiger partial charge < -0.3 is 15.7 Å². The molecule has 1 aliphatic rings. The van der Waals surface area contributed by atoms with Gasteiger partial charge in [0.05, 0.1) is 5.69 Å². The molecule has 1 fully saturated rings. The fraction of sp³-hybridized carbons (Fsp3) is 0.462. The van der Waals surface area contributed by atoms with E-state index in [0.29, 0.717) is 18.4 Å². The average molecular weight is 263 g/mol. The van der Waals surface area contributed by atoms with Crippen LogP contribution in [0.25, 0.3) is 0 Å². The zero-order valence-electron chi connectivity index (χ0n) is 10.7. The number of hydrogen-bond donors (Lipinski definition) is 3. The average Bonchev–Trinajstić information content (AvgIpc) is 3.20. The second-order valence-corrected chi connectivity index (χ2v) is 4.85. The van der Waals surface area contributed by atoms with Gasteiger partial charge in [0.25, 0.3) is 0 Å². The molecule has 1 aliphatic carbocycles. The smallest absolute Gasteiger partial charge is 0.356 e. The third-order valence-corrected chi connectivity index (χ3v) is 3.27. The van der Waals surface area contributed by atoms with Crippen LogP contribution in [-0.2, 0) is 0 Å². The number of pyridine rings is 1. The fourth-order valence-corrected chi connectivity index (χ4v) is 1.93. The quantitative estimate of drug-likeness (QED) is 0.757. The Hall–Kier alpha value is -2.11. The summed E-state index contributed by atoms with van der Waals surface area (Å²) in [6, 6.07) is 2.69. The van der Waals surface area contributed by atoms with Crippen LogP contribution < -0.4 is 10.6 Å². The summed E-state index contributed by atoms with van der Waals surface area (Å²) in [7, 11) is 0. The third-order valence-electron chi connectivity index (χ3n) is 3.27. The van der Waals surface area contributed by atoms with E-state index in [4.69, 9.17) is 5.11 Å². The van der Waals surface area contributed by atoms with Gasteiger partial charge in [-0.25, -0.2) is 14.6 Å². The number of amides is 2.